The highest BCUT2D eigenvalue weighted by atomic mass is 16.5. The molecule has 0 aliphatic heterocycles. The van der Waals surface area contributed by atoms with Crippen molar-refractivity contribution in [2.45, 2.75) is 13.8 Å². The first-order valence-electron chi connectivity index (χ1n) is 7.85. The molecule has 26 heavy (non-hydrogen) atoms. The van der Waals surface area contributed by atoms with Crippen LogP contribution in [0.25, 0.3) is 0 Å². The Morgan fingerprint density at radius 3 is 2.35 bits per heavy atom. The van der Waals surface area contributed by atoms with Gasteiger partial charge in [0.15, 0.2) is 18.1 Å². The lowest BCUT2D eigenvalue weighted by molar-refractivity contribution is -0.118. The number of carbonyl (C=O) groups is 2. The second kappa shape index (κ2) is 8.24. The van der Waals surface area contributed by atoms with Gasteiger partial charge >= 0.3 is 5.97 Å². The van der Waals surface area contributed by atoms with Crippen molar-refractivity contribution in [2.24, 2.45) is 0 Å². The molecule has 0 fully saturated rings. The Bertz CT molecular complexity index is 831. The van der Waals surface area contributed by atoms with Gasteiger partial charge in [-0.05, 0) is 49.2 Å². The van der Waals surface area contributed by atoms with E-state index in [1.54, 1.807) is 6.07 Å². The molecule has 0 atom stereocenters. The monoisotopic (exact) mass is 359 g/mol. The van der Waals surface area contributed by atoms with Gasteiger partial charge in [0.05, 0.1) is 25.5 Å². The Hall–Kier alpha value is -3.22. The number of nitrogens with one attached hydrogen (secondary N) is 1. The Morgan fingerprint density at radius 1 is 1.04 bits per heavy atom. The first-order valence-corrected chi connectivity index (χ1v) is 7.85. The van der Waals surface area contributed by atoms with Crippen LogP contribution < -0.4 is 19.5 Å². The van der Waals surface area contributed by atoms with Crippen LogP contribution in [0.1, 0.15) is 21.5 Å². The number of rotatable bonds is 7. The zero-order chi connectivity index (χ0) is 19.3. The lowest BCUT2D eigenvalue weighted by Gasteiger charge is -2.15. The molecule has 0 aromatic heterocycles. The molecule has 7 nitrogen and oxygen atoms in total. The molecule has 0 bridgehead atoms. The van der Waals surface area contributed by atoms with Crippen molar-refractivity contribution in [2.75, 3.05) is 26.1 Å². The van der Waals surface area contributed by atoms with E-state index in [2.05, 4.69) is 5.32 Å². The Kier molecular flexibility index (Phi) is 6.06. The van der Waals surface area contributed by atoms with Crippen LogP contribution in [0.3, 0.4) is 0 Å². The zero-order valence-electron chi connectivity index (χ0n) is 15.1. The van der Waals surface area contributed by atoms with E-state index < -0.39 is 11.9 Å². The molecular formula is C19H21NO6. The summed E-state index contributed by atoms with van der Waals surface area (Å²) in [6, 6.07) is 8.16. The molecule has 0 saturated carbocycles. The molecule has 2 aromatic carbocycles. The second-order valence-corrected chi connectivity index (χ2v) is 5.65. The van der Waals surface area contributed by atoms with Crippen LogP contribution in [0, 0.1) is 13.8 Å². The smallest absolute Gasteiger partial charge is 0.335 e. The summed E-state index contributed by atoms with van der Waals surface area (Å²) in [4.78, 5) is 23.4. The number of aromatic carboxylic acids is 1. The fourth-order valence-electron chi connectivity index (χ4n) is 2.32. The fourth-order valence-corrected chi connectivity index (χ4v) is 2.32. The van der Waals surface area contributed by atoms with E-state index >= 15 is 0 Å². The molecule has 138 valence electrons. The highest BCUT2D eigenvalue weighted by molar-refractivity contribution is 5.97. The molecule has 0 aliphatic rings. The van der Waals surface area contributed by atoms with Gasteiger partial charge in [0, 0.05) is 0 Å². The molecule has 7 heteroatoms. The third-order valence-electron chi connectivity index (χ3n) is 3.85. The maximum atomic E-state index is 12.2. The van der Waals surface area contributed by atoms with Gasteiger partial charge in [0.1, 0.15) is 5.75 Å². The van der Waals surface area contributed by atoms with E-state index in [1.807, 2.05) is 26.0 Å². The van der Waals surface area contributed by atoms with Crippen molar-refractivity contribution in [3.63, 3.8) is 0 Å². The number of aryl methyl sites for hydroxylation is 2. The summed E-state index contributed by atoms with van der Waals surface area (Å²) in [5, 5.41) is 11.8. The van der Waals surface area contributed by atoms with Crippen LogP contribution in [-0.4, -0.2) is 37.8 Å². The maximum absolute atomic E-state index is 12.2. The standard InChI is InChI=1S/C19H21NO6/c1-11-5-6-14(7-12(11)2)26-10-17(21)20-15-8-13(19(22)23)9-16(24-3)18(15)25-4/h5-9H,10H2,1-4H3,(H,20,21)(H,22,23). The Morgan fingerprint density at radius 2 is 1.77 bits per heavy atom. The maximum Gasteiger partial charge on any atom is 0.335 e. The van der Waals surface area contributed by atoms with Crippen LogP contribution >= 0.6 is 0 Å². The lowest BCUT2D eigenvalue weighted by atomic mass is 10.1. The molecular weight excluding hydrogens is 338 g/mol. The molecule has 0 radical (unpaired) electrons. The Balaban J connectivity index is 2.15. The highest BCUT2D eigenvalue weighted by Crippen LogP contribution is 2.36. The molecule has 2 rings (SSSR count). The lowest BCUT2D eigenvalue weighted by Crippen LogP contribution is -2.21. The molecule has 0 saturated heterocycles. The van der Waals surface area contributed by atoms with Crippen molar-refractivity contribution in [3.05, 3.63) is 47.0 Å². The van der Waals surface area contributed by atoms with Crippen molar-refractivity contribution in [3.8, 4) is 17.2 Å². The van der Waals surface area contributed by atoms with Gasteiger partial charge < -0.3 is 24.6 Å². The fraction of sp³-hybridized carbons (Fsp3) is 0.263. The number of carbonyl (C=O) groups excluding carboxylic acids is 1. The molecule has 0 spiro atoms. The number of ether oxygens (including phenoxy) is 3. The number of methoxy groups -OCH3 is 2. The van der Waals surface area contributed by atoms with Gasteiger partial charge in [-0.3, -0.25) is 4.79 Å². The summed E-state index contributed by atoms with van der Waals surface area (Å²) < 4.78 is 15.8. The van der Waals surface area contributed by atoms with Gasteiger partial charge in [-0.25, -0.2) is 4.79 Å². The van der Waals surface area contributed by atoms with Crippen molar-refractivity contribution >= 4 is 17.6 Å². The number of benzene rings is 2. The Labute approximate surface area is 151 Å². The molecule has 2 aromatic rings. The normalized spacial score (nSPS) is 10.2. The van der Waals surface area contributed by atoms with Gasteiger partial charge in [-0.2, -0.15) is 0 Å². The third kappa shape index (κ3) is 4.44. The number of anilines is 1. The molecule has 1 amide bonds. The summed E-state index contributed by atoms with van der Waals surface area (Å²) in [6.07, 6.45) is 0. The van der Waals surface area contributed by atoms with Gasteiger partial charge in [0.2, 0.25) is 0 Å². The van der Waals surface area contributed by atoms with E-state index in [0.717, 1.165) is 11.1 Å². The number of hydrogen-bond donors (Lipinski definition) is 2. The SMILES string of the molecule is COc1cc(C(=O)O)cc(NC(=O)COc2ccc(C)c(C)c2)c1OC. The van der Waals surface area contributed by atoms with E-state index in [0.29, 0.717) is 5.75 Å². The largest absolute Gasteiger partial charge is 0.493 e. The molecule has 2 N–H and O–H groups in total. The predicted octanol–water partition coefficient (Wildman–Crippen LogP) is 3.04. The number of carboxylic acid groups (broad SMARTS) is 1. The van der Waals surface area contributed by atoms with Crippen LogP contribution in [0.2, 0.25) is 0 Å². The highest BCUT2D eigenvalue weighted by Gasteiger charge is 2.17. The van der Waals surface area contributed by atoms with Crippen LogP contribution in [0.5, 0.6) is 17.2 Å². The van der Waals surface area contributed by atoms with E-state index in [4.69, 9.17) is 14.2 Å². The number of hydrogen-bond acceptors (Lipinski definition) is 5. The first-order chi connectivity index (χ1) is 12.3. The summed E-state index contributed by atoms with van der Waals surface area (Å²) in [7, 11) is 2.79. The van der Waals surface area contributed by atoms with Crippen LogP contribution in [0.4, 0.5) is 5.69 Å². The van der Waals surface area contributed by atoms with Crippen molar-refractivity contribution in [1.82, 2.24) is 0 Å². The summed E-state index contributed by atoms with van der Waals surface area (Å²) in [6.45, 7) is 3.71. The molecule has 0 unspecified atom stereocenters. The van der Waals surface area contributed by atoms with E-state index in [1.165, 1.54) is 26.4 Å². The van der Waals surface area contributed by atoms with Gasteiger partial charge in [-0.15, -0.1) is 0 Å². The van der Waals surface area contributed by atoms with Gasteiger partial charge in [0.25, 0.3) is 5.91 Å². The minimum Gasteiger partial charge on any atom is -0.493 e. The summed E-state index contributed by atoms with van der Waals surface area (Å²) in [5.41, 5.74) is 2.35. The zero-order valence-corrected chi connectivity index (χ0v) is 15.1. The quantitative estimate of drug-likeness (QED) is 0.789. The average molecular weight is 359 g/mol. The second-order valence-electron chi connectivity index (χ2n) is 5.65. The van der Waals surface area contributed by atoms with Crippen molar-refractivity contribution < 1.29 is 28.9 Å². The van der Waals surface area contributed by atoms with Crippen molar-refractivity contribution in [1.29, 1.82) is 0 Å². The van der Waals surface area contributed by atoms with Crippen LogP contribution in [-0.2, 0) is 4.79 Å². The average Bonchev–Trinajstić information content (AvgIpc) is 2.61. The third-order valence-corrected chi connectivity index (χ3v) is 3.85. The topological polar surface area (TPSA) is 94.1 Å². The van der Waals surface area contributed by atoms with E-state index in [9.17, 15) is 14.7 Å². The minimum absolute atomic E-state index is 0.0342. The van der Waals surface area contributed by atoms with Gasteiger partial charge in [-0.1, -0.05) is 6.07 Å². The number of amides is 1. The van der Waals surface area contributed by atoms with Crippen LogP contribution in [0.15, 0.2) is 30.3 Å². The van der Waals surface area contributed by atoms with E-state index in [-0.39, 0.29) is 29.4 Å². The first kappa shape index (κ1) is 19.1. The predicted molar refractivity (Wildman–Crippen MR) is 96.5 cm³/mol. The minimum atomic E-state index is -1.15. The summed E-state index contributed by atoms with van der Waals surface area (Å²) in [5.74, 6) is -0.583. The molecule has 0 aliphatic carbocycles. The summed E-state index contributed by atoms with van der Waals surface area (Å²) >= 11 is 0. The molecule has 0 heterocycles. The number of carboxylic acids is 1.